The highest BCUT2D eigenvalue weighted by atomic mass is 35.5. The molecule has 6 heteroatoms. The Kier molecular flexibility index (Phi) is 4.55. The molecular formula is C14H13ClN2O3. The van der Waals surface area contributed by atoms with Crippen LogP contribution in [-0.4, -0.2) is 4.92 Å². The smallest absolute Gasteiger partial charge is 0.276 e. The average Bonchev–Trinajstić information content (AvgIpc) is 2.45. The van der Waals surface area contributed by atoms with Crippen LogP contribution in [0.4, 0.5) is 5.69 Å². The van der Waals surface area contributed by atoms with Gasteiger partial charge in [-0.3, -0.25) is 10.1 Å². The lowest BCUT2D eigenvalue weighted by Gasteiger charge is -2.08. The zero-order chi connectivity index (χ0) is 14.5. The molecule has 0 aliphatic carbocycles. The fourth-order valence-electron chi connectivity index (χ4n) is 1.73. The maximum atomic E-state index is 10.9. The number of hydrogen-bond donors (Lipinski definition) is 1. The van der Waals surface area contributed by atoms with E-state index in [0.717, 1.165) is 5.56 Å². The summed E-state index contributed by atoms with van der Waals surface area (Å²) in [5.41, 5.74) is 6.93. The van der Waals surface area contributed by atoms with Crippen molar-refractivity contribution in [3.63, 3.8) is 0 Å². The fraction of sp³-hybridized carbons (Fsp3) is 0.143. The number of nitrogens with two attached hydrogens (primary N) is 1. The molecule has 2 aromatic carbocycles. The Bertz CT molecular complexity index is 614. The van der Waals surface area contributed by atoms with Gasteiger partial charge in [0.2, 0.25) is 0 Å². The number of nitrogens with zero attached hydrogens (tertiary/aromatic N) is 1. The summed E-state index contributed by atoms with van der Waals surface area (Å²) in [4.78, 5) is 10.5. The minimum atomic E-state index is -0.452. The van der Waals surface area contributed by atoms with Gasteiger partial charge in [0.15, 0.2) is 0 Å². The third-order valence-corrected chi connectivity index (χ3v) is 3.03. The van der Waals surface area contributed by atoms with Gasteiger partial charge in [0.1, 0.15) is 12.4 Å². The van der Waals surface area contributed by atoms with Gasteiger partial charge >= 0.3 is 0 Å². The first-order valence-corrected chi connectivity index (χ1v) is 6.32. The first kappa shape index (κ1) is 14.3. The van der Waals surface area contributed by atoms with E-state index >= 15 is 0 Å². The molecule has 5 nitrogen and oxygen atoms in total. The lowest BCUT2D eigenvalue weighted by molar-refractivity contribution is -0.385. The Labute approximate surface area is 121 Å². The van der Waals surface area contributed by atoms with E-state index in [1.165, 1.54) is 18.2 Å². The fourth-order valence-corrected chi connectivity index (χ4v) is 1.93. The van der Waals surface area contributed by atoms with Gasteiger partial charge in [0.05, 0.1) is 10.5 Å². The van der Waals surface area contributed by atoms with Crippen LogP contribution >= 0.6 is 11.6 Å². The number of halogens is 1. The second kappa shape index (κ2) is 6.36. The summed E-state index contributed by atoms with van der Waals surface area (Å²) >= 11 is 5.85. The zero-order valence-electron chi connectivity index (χ0n) is 10.6. The maximum absolute atomic E-state index is 10.9. The van der Waals surface area contributed by atoms with Crippen LogP contribution in [0.5, 0.6) is 5.75 Å². The predicted octanol–water partition coefficient (Wildman–Crippen LogP) is 3.29. The highest BCUT2D eigenvalue weighted by Crippen LogP contribution is 2.24. The standard InChI is InChI=1S/C14H13ClN2O3/c15-12-3-6-14(17(18)19)11(7-12)9-20-13-4-1-10(8-16)2-5-13/h1-7H,8-9,16H2. The molecule has 0 aliphatic heterocycles. The van der Waals surface area contributed by atoms with E-state index in [4.69, 9.17) is 22.1 Å². The van der Waals surface area contributed by atoms with Crippen molar-refractivity contribution < 1.29 is 9.66 Å². The Morgan fingerprint density at radius 1 is 1.20 bits per heavy atom. The SMILES string of the molecule is NCc1ccc(OCc2cc(Cl)ccc2[N+](=O)[O-])cc1. The van der Waals surface area contributed by atoms with Crippen molar-refractivity contribution in [1.29, 1.82) is 0 Å². The molecule has 2 rings (SSSR count). The molecular weight excluding hydrogens is 280 g/mol. The first-order valence-electron chi connectivity index (χ1n) is 5.95. The lowest BCUT2D eigenvalue weighted by atomic mass is 10.2. The summed E-state index contributed by atoms with van der Waals surface area (Å²) in [5.74, 6) is 0.622. The summed E-state index contributed by atoms with van der Waals surface area (Å²) in [6, 6.07) is 11.6. The molecule has 0 bridgehead atoms. The molecule has 20 heavy (non-hydrogen) atoms. The van der Waals surface area contributed by atoms with Gasteiger partial charge in [-0.25, -0.2) is 0 Å². The molecule has 0 saturated heterocycles. The Balaban J connectivity index is 2.13. The topological polar surface area (TPSA) is 78.4 Å². The normalized spacial score (nSPS) is 10.3. The molecule has 0 aliphatic rings. The van der Waals surface area contributed by atoms with E-state index in [9.17, 15) is 10.1 Å². The highest BCUT2D eigenvalue weighted by Gasteiger charge is 2.14. The van der Waals surface area contributed by atoms with E-state index < -0.39 is 4.92 Å². The van der Waals surface area contributed by atoms with Gasteiger partial charge < -0.3 is 10.5 Å². The van der Waals surface area contributed by atoms with E-state index in [1.54, 1.807) is 12.1 Å². The number of nitro groups is 1. The summed E-state index contributed by atoms with van der Waals surface area (Å²) in [7, 11) is 0. The first-order chi connectivity index (χ1) is 9.60. The maximum Gasteiger partial charge on any atom is 0.276 e. The van der Waals surface area contributed by atoms with Crippen LogP contribution in [0.3, 0.4) is 0 Å². The van der Waals surface area contributed by atoms with Crippen molar-refractivity contribution in [2.45, 2.75) is 13.2 Å². The van der Waals surface area contributed by atoms with E-state index in [2.05, 4.69) is 0 Å². The molecule has 0 unspecified atom stereocenters. The van der Waals surface area contributed by atoms with Crippen molar-refractivity contribution in [2.75, 3.05) is 0 Å². The Morgan fingerprint density at radius 3 is 2.50 bits per heavy atom. The summed E-state index contributed by atoms with van der Waals surface area (Å²) in [6.07, 6.45) is 0. The van der Waals surface area contributed by atoms with Crippen LogP contribution in [0, 0.1) is 10.1 Å². The zero-order valence-corrected chi connectivity index (χ0v) is 11.3. The van der Waals surface area contributed by atoms with Crippen molar-refractivity contribution in [2.24, 2.45) is 5.73 Å². The molecule has 0 aromatic heterocycles. The molecule has 0 radical (unpaired) electrons. The van der Waals surface area contributed by atoms with Gasteiger partial charge in [-0.05, 0) is 29.8 Å². The molecule has 2 aromatic rings. The Hall–Kier alpha value is -2.11. The summed E-state index contributed by atoms with van der Waals surface area (Å²) in [6.45, 7) is 0.541. The van der Waals surface area contributed by atoms with Gasteiger partial charge in [-0.15, -0.1) is 0 Å². The number of rotatable bonds is 5. The van der Waals surface area contributed by atoms with Gasteiger partial charge in [0.25, 0.3) is 5.69 Å². The van der Waals surface area contributed by atoms with E-state index in [0.29, 0.717) is 22.9 Å². The largest absolute Gasteiger partial charge is 0.489 e. The molecule has 0 fully saturated rings. The average molecular weight is 293 g/mol. The minimum absolute atomic E-state index is 0.00650. The second-order valence-electron chi connectivity index (χ2n) is 4.17. The van der Waals surface area contributed by atoms with Crippen molar-refractivity contribution >= 4 is 17.3 Å². The quantitative estimate of drug-likeness (QED) is 0.677. The van der Waals surface area contributed by atoms with Crippen LogP contribution in [0.15, 0.2) is 42.5 Å². The third kappa shape index (κ3) is 3.46. The van der Waals surface area contributed by atoms with Crippen LogP contribution in [-0.2, 0) is 13.2 Å². The second-order valence-corrected chi connectivity index (χ2v) is 4.60. The number of benzene rings is 2. The molecule has 0 atom stereocenters. The van der Waals surface area contributed by atoms with Crippen LogP contribution in [0.2, 0.25) is 5.02 Å². The number of ether oxygens (including phenoxy) is 1. The van der Waals surface area contributed by atoms with Crippen molar-refractivity contribution in [3.05, 3.63) is 68.7 Å². The highest BCUT2D eigenvalue weighted by molar-refractivity contribution is 6.30. The third-order valence-electron chi connectivity index (χ3n) is 2.79. The van der Waals surface area contributed by atoms with Crippen molar-refractivity contribution in [1.82, 2.24) is 0 Å². The van der Waals surface area contributed by atoms with Crippen LogP contribution in [0.1, 0.15) is 11.1 Å². The van der Waals surface area contributed by atoms with Crippen LogP contribution < -0.4 is 10.5 Å². The van der Waals surface area contributed by atoms with Crippen molar-refractivity contribution in [3.8, 4) is 5.75 Å². The Morgan fingerprint density at radius 2 is 1.90 bits per heavy atom. The lowest BCUT2D eigenvalue weighted by Crippen LogP contribution is -2.01. The number of nitro benzene ring substituents is 1. The molecule has 2 N–H and O–H groups in total. The number of hydrogen-bond acceptors (Lipinski definition) is 4. The molecule has 104 valence electrons. The predicted molar refractivity (Wildman–Crippen MR) is 76.8 cm³/mol. The van der Waals surface area contributed by atoms with Gasteiger partial charge in [-0.1, -0.05) is 23.7 Å². The monoisotopic (exact) mass is 292 g/mol. The van der Waals surface area contributed by atoms with E-state index in [1.807, 2.05) is 12.1 Å². The molecule has 0 heterocycles. The molecule has 0 saturated carbocycles. The molecule has 0 amide bonds. The van der Waals surface area contributed by atoms with Crippen LogP contribution in [0.25, 0.3) is 0 Å². The summed E-state index contributed by atoms with van der Waals surface area (Å²) in [5, 5.41) is 11.4. The van der Waals surface area contributed by atoms with E-state index in [-0.39, 0.29) is 12.3 Å². The van der Waals surface area contributed by atoms with Gasteiger partial charge in [0, 0.05) is 17.6 Å². The molecule has 0 spiro atoms. The van der Waals surface area contributed by atoms with Gasteiger partial charge in [-0.2, -0.15) is 0 Å². The minimum Gasteiger partial charge on any atom is -0.489 e. The summed E-state index contributed by atoms with van der Waals surface area (Å²) < 4.78 is 5.53.